The van der Waals surface area contributed by atoms with Crippen LogP contribution in [0, 0.1) is 0 Å². The number of hydrogen-bond donors (Lipinski definition) is 0. The number of piperidine rings is 1. The predicted octanol–water partition coefficient (Wildman–Crippen LogP) is 0.360. The molecule has 0 aromatic carbocycles. The van der Waals surface area contributed by atoms with Crippen LogP contribution in [0.2, 0.25) is 0 Å². The molecule has 30 heavy (non-hydrogen) atoms. The van der Waals surface area contributed by atoms with E-state index in [9.17, 15) is 9.59 Å². The Kier molecular flexibility index (Phi) is 7.17. The van der Waals surface area contributed by atoms with E-state index in [1.807, 2.05) is 34.2 Å². The molecule has 0 N–H and O–H groups in total. The Morgan fingerprint density at radius 3 is 1.80 bits per heavy atom. The second-order valence-corrected chi connectivity index (χ2v) is 8.55. The second kappa shape index (κ2) is 10.2. The number of anilines is 1. The van der Waals surface area contributed by atoms with Gasteiger partial charge in [-0.05, 0) is 31.4 Å². The van der Waals surface area contributed by atoms with Crippen LogP contribution in [0.5, 0.6) is 0 Å². The van der Waals surface area contributed by atoms with Crippen LogP contribution in [0.4, 0.5) is 5.82 Å². The minimum atomic E-state index is 0.216. The fourth-order valence-corrected chi connectivity index (χ4v) is 4.56. The summed E-state index contributed by atoms with van der Waals surface area (Å²) in [5.74, 6) is 1.47. The fourth-order valence-electron chi connectivity index (χ4n) is 4.56. The molecule has 3 saturated heterocycles. The molecule has 3 aliphatic heterocycles. The summed E-state index contributed by atoms with van der Waals surface area (Å²) in [5, 5.41) is 0. The molecule has 0 bridgehead atoms. The van der Waals surface area contributed by atoms with E-state index in [-0.39, 0.29) is 11.8 Å². The quantitative estimate of drug-likeness (QED) is 0.693. The van der Waals surface area contributed by atoms with Crippen LogP contribution in [0.15, 0.2) is 24.4 Å². The van der Waals surface area contributed by atoms with Crippen molar-refractivity contribution >= 4 is 17.6 Å². The SMILES string of the molecule is O=C(CN1CCN(CC(=O)N2CCN(c3ccccn3)CC2)CC1)N1CCCCC1. The van der Waals surface area contributed by atoms with E-state index in [1.54, 1.807) is 0 Å². The second-order valence-electron chi connectivity index (χ2n) is 8.55. The lowest BCUT2D eigenvalue weighted by Gasteiger charge is -2.38. The Bertz CT molecular complexity index is 693. The van der Waals surface area contributed by atoms with Gasteiger partial charge in [-0.25, -0.2) is 4.98 Å². The van der Waals surface area contributed by atoms with Gasteiger partial charge in [-0.2, -0.15) is 0 Å². The number of hydrogen-bond acceptors (Lipinski definition) is 6. The first-order chi connectivity index (χ1) is 14.7. The third kappa shape index (κ3) is 5.49. The van der Waals surface area contributed by atoms with E-state index in [1.165, 1.54) is 6.42 Å². The van der Waals surface area contributed by atoms with Gasteiger partial charge in [0.15, 0.2) is 0 Å². The molecule has 0 saturated carbocycles. The van der Waals surface area contributed by atoms with E-state index in [0.29, 0.717) is 13.1 Å². The first-order valence-electron chi connectivity index (χ1n) is 11.4. The van der Waals surface area contributed by atoms with Crippen LogP contribution in [-0.4, -0.2) is 115 Å². The largest absolute Gasteiger partial charge is 0.353 e. The molecule has 8 nitrogen and oxygen atoms in total. The van der Waals surface area contributed by atoms with Crippen LogP contribution in [0.3, 0.4) is 0 Å². The fraction of sp³-hybridized carbons (Fsp3) is 0.682. The predicted molar refractivity (Wildman–Crippen MR) is 116 cm³/mol. The Morgan fingerprint density at radius 1 is 0.700 bits per heavy atom. The Labute approximate surface area is 179 Å². The number of piperazine rings is 2. The molecule has 3 aliphatic rings. The summed E-state index contributed by atoms with van der Waals surface area (Å²) in [7, 11) is 0. The zero-order chi connectivity index (χ0) is 20.8. The highest BCUT2D eigenvalue weighted by Gasteiger charge is 2.26. The van der Waals surface area contributed by atoms with Gasteiger partial charge >= 0.3 is 0 Å². The number of pyridine rings is 1. The first kappa shape index (κ1) is 21.1. The number of carbonyl (C=O) groups is 2. The smallest absolute Gasteiger partial charge is 0.236 e. The molecule has 4 heterocycles. The highest BCUT2D eigenvalue weighted by Crippen LogP contribution is 2.13. The van der Waals surface area contributed by atoms with Gasteiger partial charge in [0.2, 0.25) is 11.8 Å². The summed E-state index contributed by atoms with van der Waals surface area (Å²) in [6.45, 7) is 9.43. The van der Waals surface area contributed by atoms with Crippen molar-refractivity contribution in [1.29, 1.82) is 0 Å². The summed E-state index contributed by atoms with van der Waals surface area (Å²) in [6.07, 6.45) is 5.33. The average molecular weight is 415 g/mol. The molecular weight excluding hydrogens is 380 g/mol. The molecule has 0 atom stereocenters. The molecule has 0 radical (unpaired) electrons. The highest BCUT2D eigenvalue weighted by atomic mass is 16.2. The Morgan fingerprint density at radius 2 is 1.27 bits per heavy atom. The molecule has 4 rings (SSSR count). The number of amides is 2. The molecule has 164 valence electrons. The van der Waals surface area contributed by atoms with Crippen LogP contribution < -0.4 is 4.90 Å². The zero-order valence-electron chi connectivity index (χ0n) is 17.9. The highest BCUT2D eigenvalue weighted by molar-refractivity contribution is 5.79. The van der Waals surface area contributed by atoms with Crippen molar-refractivity contribution in [2.75, 3.05) is 83.4 Å². The van der Waals surface area contributed by atoms with Gasteiger partial charge in [0.05, 0.1) is 13.1 Å². The number of rotatable bonds is 5. The lowest BCUT2D eigenvalue weighted by atomic mass is 10.1. The third-order valence-corrected chi connectivity index (χ3v) is 6.50. The van der Waals surface area contributed by atoms with E-state index in [2.05, 4.69) is 19.7 Å². The normalized spacial score (nSPS) is 21.7. The number of nitrogens with zero attached hydrogens (tertiary/aromatic N) is 6. The minimum Gasteiger partial charge on any atom is -0.353 e. The summed E-state index contributed by atoms with van der Waals surface area (Å²) < 4.78 is 0. The van der Waals surface area contributed by atoms with E-state index < -0.39 is 0 Å². The Balaban J connectivity index is 1.15. The van der Waals surface area contributed by atoms with E-state index in [4.69, 9.17) is 0 Å². The van der Waals surface area contributed by atoms with Gasteiger partial charge < -0.3 is 14.7 Å². The number of carbonyl (C=O) groups excluding carboxylic acids is 2. The maximum absolute atomic E-state index is 12.8. The summed E-state index contributed by atoms with van der Waals surface area (Å²) in [6, 6.07) is 5.94. The van der Waals surface area contributed by atoms with Crippen molar-refractivity contribution in [3.05, 3.63) is 24.4 Å². The monoisotopic (exact) mass is 414 g/mol. The topological polar surface area (TPSA) is 63.2 Å². The number of aromatic nitrogens is 1. The van der Waals surface area contributed by atoms with Crippen molar-refractivity contribution in [3.63, 3.8) is 0 Å². The molecular formula is C22H34N6O2. The van der Waals surface area contributed by atoms with Crippen LogP contribution in [0.1, 0.15) is 19.3 Å². The summed E-state index contributed by atoms with van der Waals surface area (Å²) in [5.41, 5.74) is 0. The van der Waals surface area contributed by atoms with Crippen molar-refractivity contribution < 1.29 is 9.59 Å². The molecule has 1 aromatic rings. The molecule has 0 aliphatic carbocycles. The van der Waals surface area contributed by atoms with Crippen molar-refractivity contribution in [2.24, 2.45) is 0 Å². The van der Waals surface area contributed by atoms with Crippen LogP contribution >= 0.6 is 0 Å². The Hall–Kier alpha value is -2.19. The van der Waals surface area contributed by atoms with Crippen molar-refractivity contribution in [2.45, 2.75) is 19.3 Å². The lowest BCUT2D eigenvalue weighted by Crippen LogP contribution is -2.55. The van der Waals surface area contributed by atoms with Crippen LogP contribution in [0.25, 0.3) is 0 Å². The van der Waals surface area contributed by atoms with E-state index in [0.717, 1.165) is 84.1 Å². The lowest BCUT2D eigenvalue weighted by molar-refractivity contribution is -0.135. The summed E-state index contributed by atoms with van der Waals surface area (Å²) in [4.78, 5) is 40.3. The molecule has 0 spiro atoms. The minimum absolute atomic E-state index is 0.216. The zero-order valence-corrected chi connectivity index (χ0v) is 17.9. The van der Waals surface area contributed by atoms with Gasteiger partial charge in [0.25, 0.3) is 0 Å². The first-order valence-corrected chi connectivity index (χ1v) is 11.4. The molecule has 1 aromatic heterocycles. The maximum atomic E-state index is 12.8. The van der Waals surface area contributed by atoms with Gasteiger partial charge in [0.1, 0.15) is 5.82 Å². The van der Waals surface area contributed by atoms with Gasteiger partial charge in [-0.15, -0.1) is 0 Å². The van der Waals surface area contributed by atoms with Crippen LogP contribution in [-0.2, 0) is 9.59 Å². The van der Waals surface area contributed by atoms with Gasteiger partial charge in [-0.3, -0.25) is 19.4 Å². The maximum Gasteiger partial charge on any atom is 0.236 e. The average Bonchev–Trinajstić information content (AvgIpc) is 2.81. The van der Waals surface area contributed by atoms with E-state index >= 15 is 0 Å². The number of likely N-dealkylation sites (tertiary alicyclic amines) is 1. The van der Waals surface area contributed by atoms with Crippen molar-refractivity contribution in [1.82, 2.24) is 24.6 Å². The molecule has 2 amide bonds. The standard InChI is InChI=1S/C22H34N6O2/c29-21(27-8-4-1-5-9-27)18-24-10-12-25(13-11-24)19-22(30)28-16-14-26(15-17-28)20-6-2-3-7-23-20/h2-3,6-7H,1,4-5,8-19H2. The molecule has 8 heteroatoms. The third-order valence-electron chi connectivity index (χ3n) is 6.50. The summed E-state index contributed by atoms with van der Waals surface area (Å²) >= 11 is 0. The van der Waals surface area contributed by atoms with Crippen molar-refractivity contribution in [3.8, 4) is 0 Å². The van der Waals surface area contributed by atoms with Gasteiger partial charge in [0, 0.05) is 71.6 Å². The van der Waals surface area contributed by atoms with Gasteiger partial charge in [-0.1, -0.05) is 6.07 Å². The molecule has 0 unspecified atom stereocenters. The molecule has 3 fully saturated rings.